The summed E-state index contributed by atoms with van der Waals surface area (Å²) in [5.74, 6) is 0.299. The molecule has 1 aromatic heterocycles. The number of nitrogens with zero attached hydrogens (tertiary/aromatic N) is 2. The number of aliphatic hydroxyl groups excluding tert-OH is 1. The number of aromatic nitrogens is 2. The zero-order chi connectivity index (χ0) is 13.9. The number of halogens is 3. The molecule has 0 bridgehead atoms. The Morgan fingerprint density at radius 2 is 1.89 bits per heavy atom. The van der Waals surface area contributed by atoms with E-state index >= 15 is 0 Å². The van der Waals surface area contributed by atoms with Gasteiger partial charge in [-0.3, -0.25) is 0 Å². The Balaban J connectivity index is 1.96. The van der Waals surface area contributed by atoms with Crippen molar-refractivity contribution >= 4 is 5.82 Å². The Morgan fingerprint density at radius 3 is 2.37 bits per heavy atom. The lowest BCUT2D eigenvalue weighted by molar-refractivity contribution is -0.141. The number of alkyl halides is 3. The van der Waals surface area contributed by atoms with Gasteiger partial charge in [0.05, 0.1) is 6.61 Å². The minimum absolute atomic E-state index is 0.0774. The molecule has 0 unspecified atom stereocenters. The van der Waals surface area contributed by atoms with Gasteiger partial charge in [-0.25, -0.2) is 0 Å². The number of aliphatic hydroxyl groups is 1. The van der Waals surface area contributed by atoms with Crippen molar-refractivity contribution in [1.82, 2.24) is 10.2 Å². The smallest absolute Gasteiger partial charge is 0.396 e. The minimum Gasteiger partial charge on any atom is -0.396 e. The zero-order valence-corrected chi connectivity index (χ0v) is 10.4. The van der Waals surface area contributed by atoms with Gasteiger partial charge < -0.3 is 10.4 Å². The SMILES string of the molecule is OCC1(CNc2ccc(C(F)(F)F)nn2)CCCC1. The molecule has 4 nitrogen and oxygen atoms in total. The highest BCUT2D eigenvalue weighted by molar-refractivity contribution is 5.33. The second-order valence-electron chi connectivity index (χ2n) is 5.02. The van der Waals surface area contributed by atoms with E-state index in [4.69, 9.17) is 0 Å². The molecule has 0 saturated heterocycles. The van der Waals surface area contributed by atoms with Gasteiger partial charge in [-0.2, -0.15) is 13.2 Å². The van der Waals surface area contributed by atoms with Crippen molar-refractivity contribution in [2.45, 2.75) is 31.9 Å². The molecular formula is C12H16F3N3O. The molecule has 0 aromatic carbocycles. The Labute approximate surface area is 109 Å². The van der Waals surface area contributed by atoms with Gasteiger partial charge in [0.1, 0.15) is 5.82 Å². The van der Waals surface area contributed by atoms with Gasteiger partial charge in [-0.05, 0) is 25.0 Å². The first-order valence-corrected chi connectivity index (χ1v) is 6.21. The van der Waals surface area contributed by atoms with Crippen LogP contribution in [0.4, 0.5) is 19.0 Å². The quantitative estimate of drug-likeness (QED) is 0.886. The molecular weight excluding hydrogens is 259 g/mol. The monoisotopic (exact) mass is 275 g/mol. The number of nitrogens with one attached hydrogen (secondary N) is 1. The zero-order valence-electron chi connectivity index (χ0n) is 10.4. The second-order valence-corrected chi connectivity index (χ2v) is 5.02. The third-order valence-electron chi connectivity index (χ3n) is 3.60. The predicted molar refractivity (Wildman–Crippen MR) is 63.5 cm³/mol. The second kappa shape index (κ2) is 5.32. The summed E-state index contributed by atoms with van der Waals surface area (Å²) in [6, 6.07) is 2.16. The predicted octanol–water partition coefficient (Wildman–Crippen LogP) is 2.46. The van der Waals surface area contributed by atoms with Crippen LogP contribution in [0.5, 0.6) is 0 Å². The normalized spacial score (nSPS) is 18.5. The minimum atomic E-state index is -4.47. The molecule has 0 aliphatic heterocycles. The number of hydrogen-bond donors (Lipinski definition) is 2. The largest absolute Gasteiger partial charge is 0.435 e. The van der Waals surface area contributed by atoms with Gasteiger partial charge >= 0.3 is 6.18 Å². The van der Waals surface area contributed by atoms with Crippen LogP contribution in [-0.2, 0) is 6.18 Å². The fraction of sp³-hybridized carbons (Fsp3) is 0.667. The first kappa shape index (κ1) is 14.0. The number of anilines is 1. The third-order valence-corrected chi connectivity index (χ3v) is 3.60. The van der Waals surface area contributed by atoms with E-state index < -0.39 is 11.9 Å². The van der Waals surface area contributed by atoms with E-state index in [-0.39, 0.29) is 12.0 Å². The van der Waals surface area contributed by atoms with Crippen LogP contribution < -0.4 is 5.32 Å². The van der Waals surface area contributed by atoms with Crippen molar-refractivity contribution in [3.05, 3.63) is 17.8 Å². The standard InChI is InChI=1S/C12H16F3N3O/c13-12(14,15)9-3-4-10(18-17-9)16-7-11(8-19)5-1-2-6-11/h3-4,19H,1-2,5-8H2,(H,16,18). The lowest BCUT2D eigenvalue weighted by atomic mass is 9.87. The molecule has 0 atom stereocenters. The molecule has 1 aliphatic carbocycles. The lowest BCUT2D eigenvalue weighted by Gasteiger charge is -2.26. The van der Waals surface area contributed by atoms with Gasteiger partial charge in [-0.1, -0.05) is 12.8 Å². The summed E-state index contributed by atoms with van der Waals surface area (Å²) in [5.41, 5.74) is -1.18. The summed E-state index contributed by atoms with van der Waals surface area (Å²) in [5, 5.41) is 19.0. The number of rotatable bonds is 4. The molecule has 1 saturated carbocycles. The fourth-order valence-corrected chi connectivity index (χ4v) is 2.37. The van der Waals surface area contributed by atoms with Gasteiger partial charge in [0.25, 0.3) is 0 Å². The maximum atomic E-state index is 12.3. The maximum Gasteiger partial charge on any atom is 0.435 e. The molecule has 2 rings (SSSR count). The fourth-order valence-electron chi connectivity index (χ4n) is 2.37. The van der Waals surface area contributed by atoms with Gasteiger partial charge in [0.15, 0.2) is 5.69 Å². The van der Waals surface area contributed by atoms with Crippen LogP contribution in [0.1, 0.15) is 31.4 Å². The van der Waals surface area contributed by atoms with E-state index in [1.807, 2.05) is 0 Å². The average molecular weight is 275 g/mol. The summed E-state index contributed by atoms with van der Waals surface area (Å²) in [6.45, 7) is 0.581. The van der Waals surface area contributed by atoms with Gasteiger partial charge in [-0.15, -0.1) is 10.2 Å². The van der Waals surface area contributed by atoms with E-state index in [0.29, 0.717) is 12.4 Å². The van der Waals surface area contributed by atoms with Crippen LogP contribution in [0.15, 0.2) is 12.1 Å². The highest BCUT2D eigenvalue weighted by Gasteiger charge is 2.34. The summed E-state index contributed by atoms with van der Waals surface area (Å²) in [7, 11) is 0. The molecule has 1 aromatic rings. The van der Waals surface area contributed by atoms with Crippen molar-refractivity contribution in [3.8, 4) is 0 Å². The van der Waals surface area contributed by atoms with Crippen LogP contribution in [0.3, 0.4) is 0 Å². The molecule has 1 heterocycles. The lowest BCUT2D eigenvalue weighted by Crippen LogP contribution is -2.30. The van der Waals surface area contributed by atoms with E-state index in [2.05, 4.69) is 15.5 Å². The molecule has 19 heavy (non-hydrogen) atoms. The molecule has 0 spiro atoms. The van der Waals surface area contributed by atoms with E-state index in [0.717, 1.165) is 31.7 Å². The Hall–Kier alpha value is -1.37. The van der Waals surface area contributed by atoms with Crippen LogP contribution in [0.2, 0.25) is 0 Å². The Kier molecular flexibility index (Phi) is 3.93. The first-order chi connectivity index (χ1) is 8.95. The first-order valence-electron chi connectivity index (χ1n) is 6.21. The molecule has 0 radical (unpaired) electrons. The van der Waals surface area contributed by atoms with Crippen LogP contribution in [0.25, 0.3) is 0 Å². The maximum absolute atomic E-state index is 12.3. The van der Waals surface area contributed by atoms with Crippen molar-refractivity contribution < 1.29 is 18.3 Å². The highest BCUT2D eigenvalue weighted by atomic mass is 19.4. The van der Waals surface area contributed by atoms with E-state index in [1.165, 1.54) is 6.07 Å². The molecule has 1 aliphatic rings. The van der Waals surface area contributed by atoms with Crippen molar-refractivity contribution in [3.63, 3.8) is 0 Å². The van der Waals surface area contributed by atoms with Crippen molar-refractivity contribution in [2.75, 3.05) is 18.5 Å². The summed E-state index contributed by atoms with van der Waals surface area (Å²) in [4.78, 5) is 0. The summed E-state index contributed by atoms with van der Waals surface area (Å²) < 4.78 is 36.9. The van der Waals surface area contributed by atoms with Crippen LogP contribution >= 0.6 is 0 Å². The Morgan fingerprint density at radius 1 is 1.21 bits per heavy atom. The van der Waals surface area contributed by atoms with Crippen molar-refractivity contribution in [2.24, 2.45) is 5.41 Å². The van der Waals surface area contributed by atoms with Crippen LogP contribution in [0, 0.1) is 5.41 Å². The average Bonchev–Trinajstić information content (AvgIpc) is 2.85. The van der Waals surface area contributed by atoms with Gasteiger partial charge in [0, 0.05) is 12.0 Å². The third kappa shape index (κ3) is 3.34. The molecule has 7 heteroatoms. The Bertz CT molecular complexity index is 413. The topological polar surface area (TPSA) is 58.0 Å². The molecule has 1 fully saturated rings. The van der Waals surface area contributed by atoms with E-state index in [1.54, 1.807) is 0 Å². The molecule has 0 amide bonds. The van der Waals surface area contributed by atoms with Crippen LogP contribution in [-0.4, -0.2) is 28.5 Å². The number of hydrogen-bond acceptors (Lipinski definition) is 4. The summed E-state index contributed by atoms with van der Waals surface area (Å²) in [6.07, 6.45) is -0.486. The van der Waals surface area contributed by atoms with Gasteiger partial charge in [0.2, 0.25) is 0 Å². The summed E-state index contributed by atoms with van der Waals surface area (Å²) >= 11 is 0. The van der Waals surface area contributed by atoms with Crippen molar-refractivity contribution in [1.29, 1.82) is 0 Å². The van der Waals surface area contributed by atoms with E-state index in [9.17, 15) is 18.3 Å². The molecule has 2 N–H and O–H groups in total. The highest BCUT2D eigenvalue weighted by Crippen LogP contribution is 2.37. The molecule has 106 valence electrons.